The number of benzene rings is 3. The van der Waals surface area contributed by atoms with Crippen molar-refractivity contribution < 1.29 is 54.9 Å². The number of alkyl halides is 6. The molecule has 0 aliphatic heterocycles. The van der Waals surface area contributed by atoms with Gasteiger partial charge < -0.3 is 46.1 Å². The fourth-order valence-corrected chi connectivity index (χ4v) is 6.50. The summed E-state index contributed by atoms with van der Waals surface area (Å²) in [5, 5.41) is 26.2. The molecule has 386 valence electrons. The molecule has 0 bridgehead atoms. The second-order valence-electron chi connectivity index (χ2n) is 15.8. The third-order valence-corrected chi connectivity index (χ3v) is 10.8. The second-order valence-corrected chi connectivity index (χ2v) is 15.8. The van der Waals surface area contributed by atoms with Gasteiger partial charge in [-0.2, -0.15) is 26.3 Å². The molecule has 17 nitrogen and oxygen atoms in total. The normalized spacial score (nSPS) is 13.8. The molecular formula is C49H57F6N11O6. The highest BCUT2D eigenvalue weighted by Gasteiger charge is 2.34. The summed E-state index contributed by atoms with van der Waals surface area (Å²) in [4.78, 5) is 38.7. The molecule has 0 fully saturated rings. The van der Waals surface area contributed by atoms with E-state index in [1.54, 1.807) is 13.0 Å². The summed E-state index contributed by atoms with van der Waals surface area (Å²) in [6, 6.07) is 15.3. The number of nitrogens with one attached hydrogen (secondary N) is 3. The van der Waals surface area contributed by atoms with E-state index in [1.165, 1.54) is 55.2 Å². The summed E-state index contributed by atoms with van der Waals surface area (Å²) in [5.41, 5.74) is 18.7. The van der Waals surface area contributed by atoms with Crippen LogP contribution >= 0.6 is 0 Å². The van der Waals surface area contributed by atoms with Gasteiger partial charge in [-0.3, -0.25) is 30.4 Å². The van der Waals surface area contributed by atoms with Gasteiger partial charge in [0.2, 0.25) is 18.2 Å². The fraction of sp³-hybridized carbons (Fsp3) is 0.306. The maximum absolute atomic E-state index is 13.3. The third kappa shape index (κ3) is 16.3. The van der Waals surface area contributed by atoms with E-state index in [1.807, 2.05) is 46.0 Å². The number of allylic oxidation sites excluding steroid dienone is 2. The lowest BCUT2D eigenvalue weighted by Gasteiger charge is -2.27. The molecule has 0 radical (unpaired) electrons. The zero-order valence-corrected chi connectivity index (χ0v) is 40.4. The molecule has 2 heterocycles. The van der Waals surface area contributed by atoms with E-state index >= 15 is 0 Å². The molecule has 2 aromatic heterocycles. The van der Waals surface area contributed by atoms with Gasteiger partial charge in [-0.1, -0.05) is 44.7 Å². The highest BCUT2D eigenvalue weighted by atomic mass is 19.4. The number of nitrogens with two attached hydrogens (primary N) is 3. The van der Waals surface area contributed by atoms with Crippen LogP contribution in [0, 0.1) is 29.6 Å². The third-order valence-electron chi connectivity index (χ3n) is 10.8. The highest BCUT2D eigenvalue weighted by Crippen LogP contribution is 2.32. The molecule has 4 atom stereocenters. The van der Waals surface area contributed by atoms with Gasteiger partial charge in [-0.15, -0.1) is 0 Å². The van der Waals surface area contributed by atoms with Gasteiger partial charge in [-0.25, -0.2) is 9.97 Å². The topological polar surface area (TPSA) is 279 Å². The molecule has 23 heteroatoms. The standard InChI is InChI=1S/C28H36F3N7O4.C12H11F3N2O2.C9H10N2/c1-6-37-22(12-36-14-39)16(3)15(2)21(33)13-41-19-8-9-20(18(11-19)7-10-23(35-5)28(29,30)31)27-38-24(26(34)40)25(42-27)17(4)32;1-19-11(17)9-4-3-8(18)6-7(9)2-5-10(16)12(13,14)15;1-7-10-8-5-3-4-6-9(8)11(7)2/h6-11,14-17,21H,1,12-13,32-33H2,2-5H3,(H2,34,40)(H,36,39);2-6,16-18H,1H3;3-6H,1-2H3/b10-7-,35-23?,37-22?;5-2-,16-10?,17-11?;/t15?,16?,17-,21-;;/m0../s1. The number of para-hydroxylation sites is 2. The number of rotatable bonds is 18. The van der Waals surface area contributed by atoms with Gasteiger partial charge in [0.1, 0.15) is 35.4 Å². The van der Waals surface area contributed by atoms with Crippen molar-refractivity contribution in [2.24, 2.45) is 46.1 Å². The van der Waals surface area contributed by atoms with Gasteiger partial charge in [0.25, 0.3) is 5.91 Å². The molecule has 0 spiro atoms. The second kappa shape index (κ2) is 26.3. The van der Waals surface area contributed by atoms with Crippen molar-refractivity contribution in [1.82, 2.24) is 19.9 Å². The van der Waals surface area contributed by atoms with E-state index in [0.29, 0.717) is 23.9 Å². The minimum absolute atomic E-state index is 0.0376. The number of aliphatic imine (C=N–C) groups is 2. The monoisotopic (exact) mass is 1010 g/mol. The summed E-state index contributed by atoms with van der Waals surface area (Å²) in [5.74, 6) is -0.221. The Labute approximate surface area is 411 Å². The van der Waals surface area contributed by atoms with E-state index in [0.717, 1.165) is 30.5 Å². The number of hydrogen-bond donors (Lipinski definition) is 7. The molecule has 2 amide bonds. The number of methoxy groups -OCH3 is 1. The van der Waals surface area contributed by atoms with Crippen molar-refractivity contribution in [2.45, 2.75) is 52.1 Å². The Morgan fingerprint density at radius 3 is 2.21 bits per heavy atom. The number of nitrogens with zero attached hydrogens (tertiary/aromatic N) is 5. The maximum atomic E-state index is 13.3. The molecular weight excluding hydrogens is 953 g/mol. The van der Waals surface area contributed by atoms with Gasteiger partial charge >= 0.3 is 12.4 Å². The van der Waals surface area contributed by atoms with E-state index < -0.39 is 41.8 Å². The number of phenolic OH excluding ortho intramolecular Hbond substituents is 1. The smallest absolute Gasteiger partial charge is 0.432 e. The quantitative estimate of drug-likeness (QED) is 0.0191. The number of carbonyl (C=O) groups is 2. The molecule has 5 rings (SSSR count). The molecule has 5 aromatic rings. The number of aromatic hydroxyl groups is 1. The van der Waals surface area contributed by atoms with Crippen LogP contribution in [0.5, 0.6) is 11.5 Å². The van der Waals surface area contributed by atoms with Crippen LogP contribution in [0.4, 0.5) is 26.3 Å². The number of aryl methyl sites for hydroxylation is 2. The molecule has 2 unspecified atom stereocenters. The number of halogens is 6. The Hall–Kier alpha value is -7.92. The first kappa shape index (κ1) is 58.4. The lowest BCUT2D eigenvalue weighted by molar-refractivity contribution is -0.109. The Morgan fingerprint density at radius 2 is 1.65 bits per heavy atom. The minimum Gasteiger partial charge on any atom is -0.508 e. The maximum Gasteiger partial charge on any atom is 0.432 e. The average Bonchev–Trinajstić information content (AvgIpc) is 3.91. The van der Waals surface area contributed by atoms with E-state index in [4.69, 9.17) is 37.2 Å². The summed E-state index contributed by atoms with van der Waals surface area (Å²) < 4.78 is 94.9. The first-order chi connectivity index (χ1) is 33.8. The van der Waals surface area contributed by atoms with Crippen LogP contribution in [0.25, 0.3) is 34.6 Å². The number of amides is 2. The lowest BCUT2D eigenvalue weighted by atomic mass is 9.86. The van der Waals surface area contributed by atoms with Crippen LogP contribution in [-0.2, 0) is 16.6 Å². The number of phenols is 1. The number of aromatic nitrogens is 3. The number of ether oxygens (including phenoxy) is 2. The van der Waals surface area contributed by atoms with Crippen LogP contribution in [0.2, 0.25) is 0 Å². The summed E-state index contributed by atoms with van der Waals surface area (Å²) in [6.45, 7) is 11.3. The number of carbonyl (C=O) groups excluding carboxylic acids is 2. The Bertz CT molecular complexity index is 2830. The summed E-state index contributed by atoms with van der Waals surface area (Å²) in [7, 11) is 4.31. The number of imidazole rings is 1. The Morgan fingerprint density at radius 1 is 0.986 bits per heavy atom. The van der Waals surface area contributed by atoms with Crippen LogP contribution in [0.15, 0.2) is 100.0 Å². The van der Waals surface area contributed by atoms with Crippen LogP contribution < -0.4 is 27.3 Å². The van der Waals surface area contributed by atoms with Crippen molar-refractivity contribution >= 4 is 58.5 Å². The highest BCUT2D eigenvalue weighted by molar-refractivity contribution is 6.03. The van der Waals surface area contributed by atoms with Crippen LogP contribution in [0.3, 0.4) is 0 Å². The lowest BCUT2D eigenvalue weighted by Crippen LogP contribution is -2.41. The van der Waals surface area contributed by atoms with Crippen LogP contribution in [0.1, 0.15) is 65.6 Å². The van der Waals surface area contributed by atoms with Gasteiger partial charge in [-0.05, 0) is 91.6 Å². The van der Waals surface area contributed by atoms with E-state index in [9.17, 15) is 41.0 Å². The number of fused-ring (bicyclic) bond motifs is 1. The number of hydrogen-bond acceptors (Lipinski definition) is 14. The first-order valence-corrected chi connectivity index (χ1v) is 21.6. The summed E-state index contributed by atoms with van der Waals surface area (Å²) in [6.07, 6.45) is -3.92. The van der Waals surface area contributed by atoms with E-state index in [2.05, 4.69) is 47.2 Å². The van der Waals surface area contributed by atoms with Crippen LogP contribution in [-0.4, -0.2) is 101 Å². The van der Waals surface area contributed by atoms with Crippen molar-refractivity contribution in [3.8, 4) is 23.0 Å². The van der Waals surface area contributed by atoms with Gasteiger partial charge in [0.05, 0.1) is 30.7 Å². The largest absolute Gasteiger partial charge is 0.508 e. The first-order valence-electron chi connectivity index (χ1n) is 21.6. The SMILES string of the molecule is C=CN=C(CNC=O)C(C)C(C)[C@@H](N)COc1ccc(-c2nc(C(N)=O)c([C@H](C)N)o2)c(/C=C\C(=NC)C(F)(F)F)c1.COC(=N)c1ccc(O)cc1/C=C\C(=N)C(F)(F)F.Cc1nc2ccccc2n1C. The van der Waals surface area contributed by atoms with Crippen molar-refractivity contribution in [2.75, 3.05) is 27.3 Å². The zero-order valence-electron chi connectivity index (χ0n) is 40.4. The van der Waals surface area contributed by atoms with E-state index in [-0.39, 0.29) is 76.2 Å². The molecule has 0 saturated carbocycles. The number of oxazole rings is 1. The molecule has 0 saturated heterocycles. The van der Waals surface area contributed by atoms with Crippen molar-refractivity contribution in [3.63, 3.8) is 0 Å². The van der Waals surface area contributed by atoms with Gasteiger partial charge in [0, 0.05) is 49.1 Å². The Kier molecular flexibility index (Phi) is 21.4. The molecule has 0 aliphatic carbocycles. The molecule has 72 heavy (non-hydrogen) atoms. The predicted octanol–water partition coefficient (Wildman–Crippen LogP) is 8.26. The summed E-state index contributed by atoms with van der Waals surface area (Å²) >= 11 is 0. The van der Waals surface area contributed by atoms with Crippen molar-refractivity contribution in [3.05, 3.63) is 120 Å². The molecule has 10 N–H and O–H groups in total. The fourth-order valence-electron chi connectivity index (χ4n) is 6.50. The predicted molar refractivity (Wildman–Crippen MR) is 265 cm³/mol. The number of primary amides is 1. The Balaban J connectivity index is 0.000000368. The minimum atomic E-state index is -4.73. The van der Waals surface area contributed by atoms with Gasteiger partial charge in [0.15, 0.2) is 11.5 Å². The molecule has 0 aliphatic rings. The average molecular weight is 1010 g/mol. The zero-order chi connectivity index (χ0) is 54.1. The van der Waals surface area contributed by atoms with Crippen molar-refractivity contribution in [1.29, 1.82) is 10.8 Å². The molecule has 3 aromatic carbocycles.